The van der Waals surface area contributed by atoms with Crippen molar-refractivity contribution < 1.29 is 0 Å². The molecule has 0 radical (unpaired) electrons. The van der Waals surface area contributed by atoms with E-state index in [4.69, 9.17) is 0 Å². The number of likely N-dealkylation sites (tertiary alicyclic amines) is 1. The van der Waals surface area contributed by atoms with E-state index in [-0.39, 0.29) is 0 Å². The van der Waals surface area contributed by atoms with E-state index in [1.807, 2.05) is 0 Å². The van der Waals surface area contributed by atoms with E-state index in [1.165, 1.54) is 50.0 Å². The maximum absolute atomic E-state index is 3.75. The fourth-order valence-electron chi connectivity index (χ4n) is 3.27. The van der Waals surface area contributed by atoms with Crippen LogP contribution in [0.4, 0.5) is 0 Å². The highest BCUT2D eigenvalue weighted by Crippen LogP contribution is 2.19. The van der Waals surface area contributed by atoms with Gasteiger partial charge < -0.3 is 10.2 Å². The fraction of sp³-hybridized carbons (Fsp3) is 0.684. The summed E-state index contributed by atoms with van der Waals surface area (Å²) in [5.74, 6) is 0.611. The van der Waals surface area contributed by atoms with Crippen LogP contribution in [0.2, 0.25) is 0 Å². The zero-order valence-corrected chi connectivity index (χ0v) is 14.2. The number of hydrogen-bond acceptors (Lipinski definition) is 2. The van der Waals surface area contributed by atoms with E-state index in [1.54, 1.807) is 0 Å². The lowest BCUT2D eigenvalue weighted by Gasteiger charge is -2.30. The standard InChI is InChI=1S/C19H32N2/c1-15(2)18-8-10-19(11-9-18)17(4)20-16(3)14-21-12-6-5-7-13-21/h8-11,15-17,20H,5-7,12-14H2,1-4H3. The molecule has 2 atom stereocenters. The molecule has 1 aromatic carbocycles. The zero-order chi connectivity index (χ0) is 15.2. The van der Waals surface area contributed by atoms with Gasteiger partial charge in [0, 0.05) is 18.6 Å². The molecule has 2 nitrogen and oxygen atoms in total. The molecule has 0 aliphatic carbocycles. The van der Waals surface area contributed by atoms with Crippen LogP contribution < -0.4 is 5.32 Å². The molecule has 1 heterocycles. The SMILES string of the molecule is CC(CN1CCCCC1)NC(C)c1ccc(C(C)C)cc1. The minimum atomic E-state index is 0.422. The van der Waals surface area contributed by atoms with Gasteiger partial charge in [0.05, 0.1) is 0 Å². The molecule has 0 saturated carbocycles. The molecule has 118 valence electrons. The Morgan fingerprint density at radius 1 is 0.905 bits per heavy atom. The van der Waals surface area contributed by atoms with E-state index in [0.29, 0.717) is 18.0 Å². The van der Waals surface area contributed by atoms with Gasteiger partial charge in [0.25, 0.3) is 0 Å². The summed E-state index contributed by atoms with van der Waals surface area (Å²) in [5, 5.41) is 3.75. The third-order valence-electron chi connectivity index (χ3n) is 4.62. The summed E-state index contributed by atoms with van der Waals surface area (Å²) in [6, 6.07) is 10.1. The van der Waals surface area contributed by atoms with Gasteiger partial charge in [-0.2, -0.15) is 0 Å². The normalized spacial score (nSPS) is 19.7. The number of nitrogens with one attached hydrogen (secondary N) is 1. The highest BCUT2D eigenvalue weighted by molar-refractivity contribution is 5.26. The third kappa shape index (κ3) is 5.12. The number of hydrogen-bond donors (Lipinski definition) is 1. The van der Waals surface area contributed by atoms with Gasteiger partial charge in [-0.05, 0) is 56.8 Å². The van der Waals surface area contributed by atoms with Crippen molar-refractivity contribution in [3.63, 3.8) is 0 Å². The molecule has 1 fully saturated rings. The quantitative estimate of drug-likeness (QED) is 0.838. The predicted molar refractivity (Wildman–Crippen MR) is 91.8 cm³/mol. The monoisotopic (exact) mass is 288 g/mol. The molecule has 1 N–H and O–H groups in total. The molecular weight excluding hydrogens is 256 g/mol. The molecule has 0 bridgehead atoms. The van der Waals surface area contributed by atoms with Crippen LogP contribution in [0.15, 0.2) is 24.3 Å². The van der Waals surface area contributed by atoms with Gasteiger partial charge in [-0.15, -0.1) is 0 Å². The molecule has 21 heavy (non-hydrogen) atoms. The van der Waals surface area contributed by atoms with Gasteiger partial charge >= 0.3 is 0 Å². The Balaban J connectivity index is 1.83. The Kier molecular flexibility index (Phi) is 6.25. The van der Waals surface area contributed by atoms with Crippen LogP contribution in [0.1, 0.15) is 70.0 Å². The van der Waals surface area contributed by atoms with Crippen molar-refractivity contribution in [1.29, 1.82) is 0 Å². The second-order valence-corrected chi connectivity index (χ2v) is 6.97. The first-order chi connectivity index (χ1) is 10.1. The molecule has 1 saturated heterocycles. The van der Waals surface area contributed by atoms with Crippen LogP contribution in [-0.4, -0.2) is 30.6 Å². The topological polar surface area (TPSA) is 15.3 Å². The van der Waals surface area contributed by atoms with E-state index < -0.39 is 0 Å². The van der Waals surface area contributed by atoms with Crippen molar-refractivity contribution in [1.82, 2.24) is 10.2 Å². The lowest BCUT2D eigenvalue weighted by molar-refractivity contribution is 0.205. The Morgan fingerprint density at radius 3 is 2.05 bits per heavy atom. The maximum Gasteiger partial charge on any atom is 0.0294 e. The Bertz CT molecular complexity index is 404. The molecule has 2 rings (SSSR count). The summed E-state index contributed by atoms with van der Waals surface area (Å²) >= 11 is 0. The minimum Gasteiger partial charge on any atom is -0.306 e. The van der Waals surface area contributed by atoms with Gasteiger partial charge in [0.15, 0.2) is 0 Å². The number of rotatable bonds is 6. The van der Waals surface area contributed by atoms with Crippen molar-refractivity contribution in [2.45, 2.75) is 65.0 Å². The summed E-state index contributed by atoms with van der Waals surface area (Å²) in [7, 11) is 0. The van der Waals surface area contributed by atoms with Crippen LogP contribution in [-0.2, 0) is 0 Å². The van der Waals surface area contributed by atoms with Crippen molar-refractivity contribution in [2.24, 2.45) is 0 Å². The van der Waals surface area contributed by atoms with Crippen LogP contribution in [0.3, 0.4) is 0 Å². The van der Waals surface area contributed by atoms with Crippen LogP contribution in [0.5, 0.6) is 0 Å². The largest absolute Gasteiger partial charge is 0.306 e. The second-order valence-electron chi connectivity index (χ2n) is 6.97. The zero-order valence-electron chi connectivity index (χ0n) is 14.2. The average molecular weight is 288 g/mol. The van der Waals surface area contributed by atoms with Crippen molar-refractivity contribution >= 4 is 0 Å². The molecule has 2 heteroatoms. The Hall–Kier alpha value is -0.860. The summed E-state index contributed by atoms with van der Waals surface area (Å²) < 4.78 is 0. The van der Waals surface area contributed by atoms with E-state index >= 15 is 0 Å². The van der Waals surface area contributed by atoms with Gasteiger partial charge in [0.1, 0.15) is 0 Å². The van der Waals surface area contributed by atoms with Gasteiger partial charge in [-0.25, -0.2) is 0 Å². The highest BCUT2D eigenvalue weighted by Gasteiger charge is 2.15. The third-order valence-corrected chi connectivity index (χ3v) is 4.62. The fourth-order valence-corrected chi connectivity index (χ4v) is 3.27. The summed E-state index contributed by atoms with van der Waals surface area (Å²) in [5.41, 5.74) is 2.82. The van der Waals surface area contributed by atoms with Crippen molar-refractivity contribution in [2.75, 3.05) is 19.6 Å². The molecular formula is C19H32N2. The second kappa shape index (κ2) is 7.95. The minimum absolute atomic E-state index is 0.422. The lowest BCUT2D eigenvalue weighted by atomic mass is 9.99. The predicted octanol–water partition coefficient (Wildman–Crippen LogP) is 4.34. The summed E-state index contributed by atoms with van der Waals surface area (Å²) in [6.45, 7) is 12.8. The first-order valence-electron chi connectivity index (χ1n) is 8.64. The van der Waals surface area contributed by atoms with Gasteiger partial charge in [-0.3, -0.25) is 0 Å². The highest BCUT2D eigenvalue weighted by atomic mass is 15.2. The van der Waals surface area contributed by atoms with Crippen LogP contribution in [0.25, 0.3) is 0 Å². The molecule has 2 unspecified atom stereocenters. The van der Waals surface area contributed by atoms with E-state index in [9.17, 15) is 0 Å². The molecule has 0 aromatic heterocycles. The molecule has 1 aliphatic heterocycles. The van der Waals surface area contributed by atoms with Crippen molar-refractivity contribution in [3.05, 3.63) is 35.4 Å². The Labute approximate surface area is 130 Å². The number of piperidine rings is 1. The Morgan fingerprint density at radius 2 is 1.48 bits per heavy atom. The van der Waals surface area contributed by atoms with Gasteiger partial charge in [0.2, 0.25) is 0 Å². The number of nitrogens with zero attached hydrogens (tertiary/aromatic N) is 1. The number of benzene rings is 1. The molecule has 1 aliphatic rings. The molecule has 0 spiro atoms. The van der Waals surface area contributed by atoms with Crippen LogP contribution >= 0.6 is 0 Å². The summed E-state index contributed by atoms with van der Waals surface area (Å²) in [4.78, 5) is 2.61. The van der Waals surface area contributed by atoms with E-state index in [2.05, 4.69) is 62.2 Å². The van der Waals surface area contributed by atoms with Crippen LogP contribution in [0, 0.1) is 0 Å². The van der Waals surface area contributed by atoms with Crippen molar-refractivity contribution in [3.8, 4) is 0 Å². The first-order valence-corrected chi connectivity index (χ1v) is 8.64. The molecule has 1 aromatic rings. The first kappa shape index (κ1) is 16.5. The van der Waals surface area contributed by atoms with E-state index in [0.717, 1.165) is 0 Å². The van der Waals surface area contributed by atoms with Gasteiger partial charge in [-0.1, -0.05) is 44.5 Å². The summed E-state index contributed by atoms with van der Waals surface area (Å²) in [6.07, 6.45) is 4.16. The average Bonchev–Trinajstić information content (AvgIpc) is 2.48. The maximum atomic E-state index is 3.75. The lowest BCUT2D eigenvalue weighted by Crippen LogP contribution is -2.42. The smallest absolute Gasteiger partial charge is 0.0294 e. The molecule has 0 amide bonds.